The van der Waals surface area contributed by atoms with Gasteiger partial charge < -0.3 is 5.73 Å². The van der Waals surface area contributed by atoms with E-state index < -0.39 is 0 Å². The van der Waals surface area contributed by atoms with E-state index in [-0.39, 0.29) is 5.91 Å². The number of primary amides is 1. The topological polar surface area (TPSA) is 60.9 Å². The molecule has 1 aliphatic rings. The molecule has 0 bridgehead atoms. The number of carbonyl (C=O) groups excluding carboxylic acids is 1. The molecule has 0 aromatic carbocycles. The molecular formula is C14H17N3OS. The normalized spacial score (nSPS) is 14.4. The fraction of sp³-hybridized carbons (Fsp3) is 0.429. The molecule has 0 atom stereocenters. The Hall–Kier alpha value is -1.62. The fourth-order valence-corrected chi connectivity index (χ4v) is 4.06. The van der Waals surface area contributed by atoms with Crippen LogP contribution in [0.15, 0.2) is 12.3 Å². The summed E-state index contributed by atoms with van der Waals surface area (Å²) in [5.41, 5.74) is 8.94. The van der Waals surface area contributed by atoms with Gasteiger partial charge in [0.25, 0.3) is 5.91 Å². The zero-order valence-corrected chi connectivity index (χ0v) is 11.8. The number of rotatable bonds is 3. The van der Waals surface area contributed by atoms with Gasteiger partial charge in [-0.05, 0) is 44.2 Å². The molecule has 100 valence electrons. The molecule has 3 rings (SSSR count). The highest BCUT2D eigenvalue weighted by molar-refractivity contribution is 7.14. The van der Waals surface area contributed by atoms with Crippen LogP contribution in [0.2, 0.25) is 0 Å². The van der Waals surface area contributed by atoms with Crippen molar-refractivity contribution in [2.45, 2.75) is 39.2 Å². The second-order valence-corrected chi connectivity index (χ2v) is 5.92. The zero-order chi connectivity index (χ0) is 13.4. The number of hydrogen-bond donors (Lipinski definition) is 1. The van der Waals surface area contributed by atoms with Gasteiger partial charge in [-0.25, -0.2) is 0 Å². The lowest BCUT2D eigenvalue weighted by molar-refractivity contribution is 0.100. The van der Waals surface area contributed by atoms with Crippen molar-refractivity contribution in [2.75, 3.05) is 0 Å². The first-order valence-corrected chi connectivity index (χ1v) is 7.50. The number of nitrogens with two attached hydrogens (primary N) is 1. The summed E-state index contributed by atoms with van der Waals surface area (Å²) >= 11 is 1.57. The van der Waals surface area contributed by atoms with Crippen LogP contribution >= 0.6 is 11.3 Å². The van der Waals surface area contributed by atoms with Crippen LogP contribution in [-0.4, -0.2) is 15.7 Å². The van der Waals surface area contributed by atoms with Gasteiger partial charge >= 0.3 is 0 Å². The smallest absolute Gasteiger partial charge is 0.259 e. The average molecular weight is 275 g/mol. The molecule has 19 heavy (non-hydrogen) atoms. The third-order valence-electron chi connectivity index (χ3n) is 3.67. The predicted molar refractivity (Wildman–Crippen MR) is 76.4 cm³/mol. The minimum Gasteiger partial charge on any atom is -0.365 e. The maximum absolute atomic E-state index is 11.7. The van der Waals surface area contributed by atoms with Crippen LogP contribution in [0.1, 0.15) is 39.9 Å². The van der Waals surface area contributed by atoms with Gasteiger partial charge in [-0.15, -0.1) is 11.3 Å². The quantitative estimate of drug-likeness (QED) is 0.936. The first-order valence-electron chi connectivity index (χ1n) is 6.69. The summed E-state index contributed by atoms with van der Waals surface area (Å²) < 4.78 is 1.93. The van der Waals surface area contributed by atoms with Gasteiger partial charge in [-0.1, -0.05) is 0 Å². The second-order valence-electron chi connectivity index (χ2n) is 4.81. The summed E-state index contributed by atoms with van der Waals surface area (Å²) in [6, 6.07) is 1.98. The number of thiophene rings is 1. The van der Waals surface area contributed by atoms with E-state index in [4.69, 9.17) is 5.73 Å². The number of aryl methyl sites for hydroxylation is 2. The van der Waals surface area contributed by atoms with E-state index in [0.717, 1.165) is 30.6 Å². The summed E-state index contributed by atoms with van der Waals surface area (Å²) in [5.74, 6) is -0.321. The molecule has 0 spiro atoms. The molecule has 0 saturated carbocycles. The summed E-state index contributed by atoms with van der Waals surface area (Å²) in [5, 5.41) is 4.31. The molecule has 0 aliphatic heterocycles. The molecule has 2 heterocycles. The van der Waals surface area contributed by atoms with Gasteiger partial charge in [0.1, 0.15) is 4.88 Å². The van der Waals surface area contributed by atoms with Crippen LogP contribution in [0.4, 0.5) is 0 Å². The van der Waals surface area contributed by atoms with Crippen molar-refractivity contribution >= 4 is 17.2 Å². The van der Waals surface area contributed by atoms with Crippen molar-refractivity contribution in [3.05, 3.63) is 27.6 Å². The largest absolute Gasteiger partial charge is 0.365 e. The van der Waals surface area contributed by atoms with E-state index in [9.17, 15) is 4.79 Å². The molecule has 2 aromatic rings. The Labute approximate surface area is 116 Å². The molecule has 2 aromatic heterocycles. The Morgan fingerprint density at radius 1 is 1.47 bits per heavy atom. The monoisotopic (exact) mass is 275 g/mol. The molecule has 0 radical (unpaired) electrons. The molecular weight excluding hydrogens is 258 g/mol. The highest BCUT2D eigenvalue weighted by Gasteiger charge is 2.25. The first-order chi connectivity index (χ1) is 9.22. The SMILES string of the molecule is CCn1nccc1-c1c(C(N)=O)sc2c1CCCC2. The maximum atomic E-state index is 11.7. The summed E-state index contributed by atoms with van der Waals surface area (Å²) in [6.07, 6.45) is 6.30. The van der Waals surface area contributed by atoms with Crippen LogP contribution in [0.25, 0.3) is 11.3 Å². The lowest BCUT2D eigenvalue weighted by Crippen LogP contribution is -2.11. The third-order valence-corrected chi connectivity index (χ3v) is 4.97. The average Bonchev–Trinajstić information content (AvgIpc) is 3.01. The van der Waals surface area contributed by atoms with Crippen LogP contribution in [0.5, 0.6) is 0 Å². The van der Waals surface area contributed by atoms with Crippen LogP contribution in [-0.2, 0) is 19.4 Å². The Morgan fingerprint density at radius 2 is 2.26 bits per heavy atom. The van der Waals surface area contributed by atoms with E-state index in [1.165, 1.54) is 23.3 Å². The van der Waals surface area contributed by atoms with Gasteiger partial charge in [0.05, 0.1) is 5.69 Å². The molecule has 5 heteroatoms. The zero-order valence-electron chi connectivity index (χ0n) is 11.0. The summed E-state index contributed by atoms with van der Waals surface area (Å²) in [4.78, 5) is 13.8. The molecule has 0 saturated heterocycles. The fourth-order valence-electron chi connectivity index (χ4n) is 2.81. The van der Waals surface area contributed by atoms with Crippen molar-refractivity contribution < 1.29 is 4.79 Å². The van der Waals surface area contributed by atoms with Crippen molar-refractivity contribution in [1.82, 2.24) is 9.78 Å². The Morgan fingerprint density at radius 3 is 3.00 bits per heavy atom. The number of fused-ring (bicyclic) bond motifs is 1. The highest BCUT2D eigenvalue weighted by atomic mass is 32.1. The van der Waals surface area contributed by atoms with Gasteiger partial charge in [0, 0.05) is 23.2 Å². The lowest BCUT2D eigenvalue weighted by Gasteiger charge is -2.13. The Kier molecular flexibility index (Phi) is 3.14. The molecule has 1 amide bonds. The first kappa shape index (κ1) is 12.4. The number of hydrogen-bond acceptors (Lipinski definition) is 3. The van der Waals surface area contributed by atoms with Crippen molar-refractivity contribution in [3.8, 4) is 11.3 Å². The standard InChI is InChI=1S/C14H17N3OS/c1-2-17-10(7-8-16-17)12-9-5-3-4-6-11(9)19-13(12)14(15)18/h7-8H,2-6H2,1H3,(H2,15,18). The van der Waals surface area contributed by atoms with E-state index in [1.807, 2.05) is 10.7 Å². The summed E-state index contributed by atoms with van der Waals surface area (Å²) in [7, 11) is 0. The van der Waals surface area contributed by atoms with Gasteiger partial charge in [-0.3, -0.25) is 9.48 Å². The van der Waals surface area contributed by atoms with Crippen LogP contribution in [0.3, 0.4) is 0 Å². The highest BCUT2D eigenvalue weighted by Crippen LogP contribution is 2.40. The van der Waals surface area contributed by atoms with Crippen LogP contribution < -0.4 is 5.73 Å². The minimum atomic E-state index is -0.321. The predicted octanol–water partition coefficient (Wildman–Crippen LogP) is 2.61. The van der Waals surface area contributed by atoms with Crippen LogP contribution in [0, 0.1) is 0 Å². The third kappa shape index (κ3) is 1.98. The van der Waals surface area contributed by atoms with E-state index >= 15 is 0 Å². The van der Waals surface area contributed by atoms with E-state index in [1.54, 1.807) is 17.5 Å². The molecule has 0 unspecified atom stereocenters. The molecule has 1 aliphatic carbocycles. The molecule has 0 fully saturated rings. The van der Waals surface area contributed by atoms with Crippen molar-refractivity contribution in [2.24, 2.45) is 5.73 Å². The Balaban J connectivity index is 2.23. The minimum absolute atomic E-state index is 0.321. The molecule has 2 N–H and O–H groups in total. The van der Waals surface area contributed by atoms with E-state index in [2.05, 4.69) is 12.0 Å². The number of aromatic nitrogens is 2. The van der Waals surface area contributed by atoms with E-state index in [0.29, 0.717) is 4.88 Å². The van der Waals surface area contributed by atoms with Gasteiger partial charge in [-0.2, -0.15) is 5.10 Å². The Bertz CT molecular complexity index is 627. The van der Waals surface area contributed by atoms with Gasteiger partial charge in [0.15, 0.2) is 0 Å². The second kappa shape index (κ2) is 4.81. The number of amides is 1. The van der Waals surface area contributed by atoms with Gasteiger partial charge in [0.2, 0.25) is 0 Å². The number of carbonyl (C=O) groups is 1. The molecule has 4 nitrogen and oxygen atoms in total. The summed E-state index contributed by atoms with van der Waals surface area (Å²) in [6.45, 7) is 2.85. The number of nitrogens with zero attached hydrogens (tertiary/aromatic N) is 2. The maximum Gasteiger partial charge on any atom is 0.259 e. The van der Waals surface area contributed by atoms with Crippen molar-refractivity contribution in [1.29, 1.82) is 0 Å². The lowest BCUT2D eigenvalue weighted by atomic mass is 9.93. The van der Waals surface area contributed by atoms with Crippen molar-refractivity contribution in [3.63, 3.8) is 0 Å².